The highest BCUT2D eigenvalue weighted by atomic mass is 28.4. The van der Waals surface area contributed by atoms with Crippen molar-refractivity contribution in [3.05, 3.63) is 59.6 Å². The van der Waals surface area contributed by atoms with Gasteiger partial charge in [0.05, 0.1) is 17.7 Å². The van der Waals surface area contributed by atoms with Gasteiger partial charge in [-0.15, -0.1) is 0 Å². The standard InChI is InChI=1S/C18H23NO4Si/c1-5-6-13-22-16(23-24(2,3)4)11-12-19-17(20)14-9-7-8-10-15(14)18(19)21/h5-11H,12-13H2,1-4H3/b6-5+,16-11-. The molecule has 5 nitrogen and oxygen atoms in total. The van der Waals surface area contributed by atoms with E-state index >= 15 is 0 Å². The zero-order valence-electron chi connectivity index (χ0n) is 14.5. The minimum atomic E-state index is -1.86. The molecule has 0 atom stereocenters. The summed E-state index contributed by atoms with van der Waals surface area (Å²) in [6, 6.07) is 6.84. The van der Waals surface area contributed by atoms with Crippen molar-refractivity contribution < 1.29 is 18.8 Å². The summed E-state index contributed by atoms with van der Waals surface area (Å²) in [7, 11) is -1.86. The molecule has 1 aromatic carbocycles. The summed E-state index contributed by atoms with van der Waals surface area (Å²) in [4.78, 5) is 25.9. The zero-order valence-corrected chi connectivity index (χ0v) is 15.5. The van der Waals surface area contributed by atoms with Crippen LogP contribution in [0.15, 0.2) is 48.4 Å². The molecule has 2 amide bonds. The summed E-state index contributed by atoms with van der Waals surface area (Å²) in [5.41, 5.74) is 0.886. The second kappa shape index (κ2) is 7.48. The van der Waals surface area contributed by atoms with Gasteiger partial charge in [0, 0.05) is 6.08 Å². The van der Waals surface area contributed by atoms with Crippen molar-refractivity contribution in [1.29, 1.82) is 0 Å². The van der Waals surface area contributed by atoms with Crippen LogP contribution in [0.1, 0.15) is 27.6 Å². The summed E-state index contributed by atoms with van der Waals surface area (Å²) in [6.45, 7) is 8.55. The highest BCUT2D eigenvalue weighted by Gasteiger charge is 2.34. The predicted octanol–water partition coefficient (Wildman–Crippen LogP) is 3.57. The maximum absolute atomic E-state index is 12.4. The van der Waals surface area contributed by atoms with E-state index in [0.717, 1.165) is 0 Å². The van der Waals surface area contributed by atoms with Gasteiger partial charge in [-0.1, -0.05) is 24.3 Å². The van der Waals surface area contributed by atoms with E-state index < -0.39 is 8.32 Å². The molecule has 6 heteroatoms. The van der Waals surface area contributed by atoms with Crippen LogP contribution < -0.4 is 0 Å². The monoisotopic (exact) mass is 345 g/mol. The Morgan fingerprint density at radius 3 is 2.21 bits per heavy atom. The quantitative estimate of drug-likeness (QED) is 0.328. The molecule has 0 saturated carbocycles. The Labute approximate surface area is 143 Å². The van der Waals surface area contributed by atoms with Crippen molar-refractivity contribution >= 4 is 20.1 Å². The Morgan fingerprint density at radius 2 is 1.71 bits per heavy atom. The van der Waals surface area contributed by atoms with Gasteiger partial charge in [0.2, 0.25) is 8.32 Å². The highest BCUT2D eigenvalue weighted by molar-refractivity contribution is 6.70. The number of amides is 2. The number of imide groups is 1. The van der Waals surface area contributed by atoms with E-state index in [4.69, 9.17) is 9.16 Å². The van der Waals surface area contributed by atoms with Gasteiger partial charge in [-0.05, 0) is 38.7 Å². The van der Waals surface area contributed by atoms with Crippen molar-refractivity contribution in [2.45, 2.75) is 26.6 Å². The molecule has 1 aromatic rings. The number of carbonyl (C=O) groups excluding carboxylic acids is 2. The molecule has 0 N–H and O–H groups in total. The van der Waals surface area contributed by atoms with Crippen molar-refractivity contribution in [2.24, 2.45) is 0 Å². The number of rotatable bonds is 7. The maximum Gasteiger partial charge on any atom is 0.263 e. The number of carbonyl (C=O) groups is 2. The number of fused-ring (bicyclic) bond motifs is 1. The number of hydrogen-bond acceptors (Lipinski definition) is 4. The molecule has 2 rings (SSSR count). The first-order valence-electron chi connectivity index (χ1n) is 7.92. The van der Waals surface area contributed by atoms with Crippen molar-refractivity contribution in [1.82, 2.24) is 4.90 Å². The Bertz CT molecular complexity index is 654. The first-order valence-corrected chi connectivity index (χ1v) is 11.3. The fourth-order valence-corrected chi connectivity index (χ4v) is 2.97. The maximum atomic E-state index is 12.4. The fourth-order valence-electron chi connectivity index (χ4n) is 2.23. The normalized spacial score (nSPS) is 15.2. The smallest absolute Gasteiger partial charge is 0.263 e. The molecular weight excluding hydrogens is 322 g/mol. The van der Waals surface area contributed by atoms with Crippen molar-refractivity contribution in [3.8, 4) is 0 Å². The van der Waals surface area contributed by atoms with E-state index in [1.165, 1.54) is 4.90 Å². The fraction of sp³-hybridized carbons (Fsp3) is 0.333. The summed E-state index contributed by atoms with van der Waals surface area (Å²) in [5.74, 6) is -0.205. The van der Waals surface area contributed by atoms with Gasteiger partial charge < -0.3 is 9.16 Å². The molecule has 0 unspecified atom stereocenters. The Kier molecular flexibility index (Phi) is 5.61. The molecular formula is C18H23NO4Si. The van der Waals surface area contributed by atoms with Crippen LogP contribution in [-0.2, 0) is 9.16 Å². The lowest BCUT2D eigenvalue weighted by molar-refractivity contribution is 0.0665. The minimum absolute atomic E-state index is 0.127. The third-order valence-electron chi connectivity index (χ3n) is 3.28. The zero-order chi connectivity index (χ0) is 17.7. The molecule has 1 aliphatic heterocycles. The first-order chi connectivity index (χ1) is 11.3. The van der Waals surface area contributed by atoms with Gasteiger partial charge in [-0.25, -0.2) is 0 Å². The topological polar surface area (TPSA) is 55.8 Å². The Morgan fingerprint density at radius 1 is 1.12 bits per heavy atom. The highest BCUT2D eigenvalue weighted by Crippen LogP contribution is 2.22. The van der Waals surface area contributed by atoms with E-state index in [2.05, 4.69) is 0 Å². The SMILES string of the molecule is C/C=C/CO/C(=C/CN1C(=O)c2ccccc2C1=O)O[Si](C)(C)C. The van der Waals surface area contributed by atoms with E-state index in [9.17, 15) is 9.59 Å². The minimum Gasteiger partial charge on any atom is -0.520 e. The molecule has 0 radical (unpaired) electrons. The van der Waals surface area contributed by atoms with Crippen LogP contribution in [0, 0.1) is 0 Å². The first kappa shape index (κ1) is 18.0. The van der Waals surface area contributed by atoms with Gasteiger partial charge in [-0.2, -0.15) is 0 Å². The lowest BCUT2D eigenvalue weighted by Gasteiger charge is -2.22. The molecule has 0 spiro atoms. The third kappa shape index (κ3) is 4.35. The molecule has 0 fully saturated rings. The van der Waals surface area contributed by atoms with E-state index in [1.54, 1.807) is 30.3 Å². The number of ether oxygens (including phenoxy) is 1. The van der Waals surface area contributed by atoms with Gasteiger partial charge in [-0.3, -0.25) is 14.5 Å². The van der Waals surface area contributed by atoms with Gasteiger partial charge in [0.15, 0.2) is 0 Å². The van der Waals surface area contributed by atoms with Crippen LogP contribution in [0.2, 0.25) is 19.6 Å². The number of nitrogens with zero attached hydrogens (tertiary/aromatic N) is 1. The Balaban J connectivity index is 2.13. The summed E-state index contributed by atoms with van der Waals surface area (Å²) < 4.78 is 11.5. The average Bonchev–Trinajstić information content (AvgIpc) is 2.76. The molecule has 24 heavy (non-hydrogen) atoms. The number of allylic oxidation sites excluding steroid dienone is 1. The third-order valence-corrected chi connectivity index (χ3v) is 4.10. The second-order valence-electron chi connectivity index (χ2n) is 6.38. The summed E-state index contributed by atoms with van der Waals surface area (Å²) >= 11 is 0. The van der Waals surface area contributed by atoms with Crippen LogP contribution in [0.5, 0.6) is 0 Å². The Hall–Kier alpha value is -2.34. The van der Waals surface area contributed by atoms with Crippen LogP contribution in [0.25, 0.3) is 0 Å². The van der Waals surface area contributed by atoms with Crippen LogP contribution >= 0.6 is 0 Å². The van der Waals surface area contributed by atoms with Gasteiger partial charge in [0.25, 0.3) is 17.8 Å². The molecule has 0 aromatic heterocycles. The summed E-state index contributed by atoms with van der Waals surface area (Å²) in [5, 5.41) is 0. The average molecular weight is 345 g/mol. The summed E-state index contributed by atoms with van der Waals surface area (Å²) in [6.07, 6.45) is 5.41. The molecule has 128 valence electrons. The van der Waals surface area contributed by atoms with Crippen LogP contribution in [0.4, 0.5) is 0 Å². The second-order valence-corrected chi connectivity index (χ2v) is 10.8. The largest absolute Gasteiger partial charge is 0.520 e. The van der Waals surface area contributed by atoms with Gasteiger partial charge in [0.1, 0.15) is 6.61 Å². The van der Waals surface area contributed by atoms with Crippen molar-refractivity contribution in [2.75, 3.05) is 13.2 Å². The number of benzene rings is 1. The molecule has 0 aliphatic carbocycles. The molecule has 0 bridgehead atoms. The molecule has 1 aliphatic rings. The van der Waals surface area contributed by atoms with E-state index in [1.807, 2.05) is 38.7 Å². The lowest BCUT2D eigenvalue weighted by atomic mass is 10.1. The van der Waals surface area contributed by atoms with E-state index in [0.29, 0.717) is 23.7 Å². The van der Waals surface area contributed by atoms with E-state index in [-0.39, 0.29) is 18.4 Å². The molecule has 1 heterocycles. The lowest BCUT2D eigenvalue weighted by Crippen LogP contribution is -2.31. The van der Waals surface area contributed by atoms with Crippen LogP contribution in [-0.4, -0.2) is 38.2 Å². The number of hydrogen-bond donors (Lipinski definition) is 0. The molecule has 0 saturated heterocycles. The predicted molar refractivity (Wildman–Crippen MR) is 95.1 cm³/mol. The van der Waals surface area contributed by atoms with Gasteiger partial charge >= 0.3 is 0 Å². The van der Waals surface area contributed by atoms with Crippen LogP contribution in [0.3, 0.4) is 0 Å². The van der Waals surface area contributed by atoms with Crippen molar-refractivity contribution in [3.63, 3.8) is 0 Å².